The molecule has 7 heteroatoms. The lowest BCUT2D eigenvalue weighted by atomic mass is 10.2. The number of ether oxygens (including phenoxy) is 1. The van der Waals surface area contributed by atoms with Gasteiger partial charge >= 0.3 is 0 Å². The van der Waals surface area contributed by atoms with Gasteiger partial charge in [-0.1, -0.05) is 12.1 Å². The van der Waals surface area contributed by atoms with Gasteiger partial charge < -0.3 is 25.3 Å². The van der Waals surface area contributed by atoms with Gasteiger partial charge in [0.25, 0.3) is 0 Å². The molecule has 0 aliphatic heterocycles. The van der Waals surface area contributed by atoms with Crippen molar-refractivity contribution in [1.82, 2.24) is 20.5 Å². The second kappa shape index (κ2) is 10.8. The Balaban J connectivity index is 1.74. The Morgan fingerprint density at radius 1 is 1.12 bits per heavy atom. The van der Waals surface area contributed by atoms with Crippen LogP contribution in [0.15, 0.2) is 53.8 Å². The Hall–Kier alpha value is -2.96. The summed E-state index contributed by atoms with van der Waals surface area (Å²) >= 11 is 0. The Bertz CT molecular complexity index is 680. The van der Waals surface area contributed by atoms with Gasteiger partial charge in [-0.2, -0.15) is 0 Å². The number of hydrogen-bond acceptors (Lipinski definition) is 3. The van der Waals surface area contributed by atoms with Gasteiger partial charge in [0.2, 0.25) is 5.91 Å². The number of hydrogen-bond donors (Lipinski definition) is 3. The molecule has 0 fully saturated rings. The highest BCUT2D eigenvalue weighted by Gasteiger charge is 2.03. The summed E-state index contributed by atoms with van der Waals surface area (Å²) in [4.78, 5) is 16.3. The van der Waals surface area contributed by atoms with Crippen molar-refractivity contribution in [3.8, 4) is 5.75 Å². The molecule has 3 N–H and O–H groups in total. The molecule has 1 aromatic heterocycles. The molecule has 0 radical (unpaired) electrons. The SMILES string of the molecule is CCNC(=NCC(=O)NCc1ccc(OC)cc1)NCCn1cccc1. The summed E-state index contributed by atoms with van der Waals surface area (Å²) in [6.07, 6.45) is 4.02. The molecule has 7 nitrogen and oxygen atoms in total. The highest BCUT2D eigenvalue weighted by atomic mass is 16.5. The van der Waals surface area contributed by atoms with Crippen LogP contribution in [0, 0.1) is 0 Å². The zero-order chi connectivity index (χ0) is 18.6. The summed E-state index contributed by atoms with van der Waals surface area (Å²) in [5.74, 6) is 1.31. The second-order valence-corrected chi connectivity index (χ2v) is 5.67. The Kier molecular flexibility index (Phi) is 8.05. The topological polar surface area (TPSA) is 79.7 Å². The van der Waals surface area contributed by atoms with Gasteiger partial charge in [-0.3, -0.25) is 4.79 Å². The second-order valence-electron chi connectivity index (χ2n) is 5.67. The van der Waals surface area contributed by atoms with E-state index in [9.17, 15) is 4.79 Å². The fourth-order valence-electron chi connectivity index (χ4n) is 2.32. The number of benzene rings is 1. The molecule has 0 atom stereocenters. The van der Waals surface area contributed by atoms with Crippen LogP contribution in [0.25, 0.3) is 0 Å². The van der Waals surface area contributed by atoms with Crippen LogP contribution in [0.1, 0.15) is 12.5 Å². The van der Waals surface area contributed by atoms with Crippen LogP contribution in [0.2, 0.25) is 0 Å². The summed E-state index contributed by atoms with van der Waals surface area (Å²) in [6, 6.07) is 11.6. The standard InChI is InChI=1S/C19H27N5O2/c1-3-20-19(21-10-13-24-11-4-5-12-24)23-15-18(25)22-14-16-6-8-17(26-2)9-7-16/h4-9,11-12H,3,10,13-15H2,1-2H3,(H,22,25)(H2,20,21,23). The van der Waals surface area contributed by atoms with Crippen molar-refractivity contribution in [2.45, 2.75) is 20.0 Å². The largest absolute Gasteiger partial charge is 0.497 e. The number of carbonyl (C=O) groups is 1. The minimum Gasteiger partial charge on any atom is -0.497 e. The van der Waals surface area contributed by atoms with Crippen LogP contribution in [0.5, 0.6) is 5.75 Å². The quantitative estimate of drug-likeness (QED) is 0.468. The van der Waals surface area contributed by atoms with Crippen molar-refractivity contribution < 1.29 is 9.53 Å². The molecule has 2 rings (SSSR count). The maximum absolute atomic E-state index is 12.0. The van der Waals surface area contributed by atoms with Gasteiger partial charge in [-0.15, -0.1) is 0 Å². The highest BCUT2D eigenvalue weighted by molar-refractivity contribution is 5.84. The van der Waals surface area contributed by atoms with E-state index in [1.165, 1.54) is 0 Å². The van der Waals surface area contributed by atoms with Gasteiger partial charge in [0.1, 0.15) is 12.3 Å². The van der Waals surface area contributed by atoms with Crippen LogP contribution in [-0.4, -0.2) is 43.2 Å². The van der Waals surface area contributed by atoms with Crippen molar-refractivity contribution in [1.29, 1.82) is 0 Å². The molecule has 0 unspecified atom stereocenters. The normalized spacial score (nSPS) is 11.1. The summed E-state index contributed by atoms with van der Waals surface area (Å²) in [6.45, 7) is 4.84. The van der Waals surface area contributed by atoms with Crippen molar-refractivity contribution in [2.24, 2.45) is 4.99 Å². The van der Waals surface area contributed by atoms with Crippen LogP contribution in [0.4, 0.5) is 0 Å². The Morgan fingerprint density at radius 3 is 2.50 bits per heavy atom. The van der Waals surface area contributed by atoms with Gasteiger partial charge in [-0.25, -0.2) is 4.99 Å². The number of rotatable bonds is 9. The van der Waals surface area contributed by atoms with E-state index in [-0.39, 0.29) is 12.5 Å². The first kappa shape index (κ1) is 19.4. The number of aliphatic imine (C=N–C) groups is 1. The smallest absolute Gasteiger partial charge is 0.242 e. The lowest BCUT2D eigenvalue weighted by Crippen LogP contribution is -2.39. The average molecular weight is 357 g/mol. The molecular formula is C19H27N5O2. The molecule has 0 saturated heterocycles. The highest BCUT2D eigenvalue weighted by Crippen LogP contribution is 2.10. The fourth-order valence-corrected chi connectivity index (χ4v) is 2.32. The van der Waals surface area contributed by atoms with E-state index in [0.29, 0.717) is 12.5 Å². The van der Waals surface area contributed by atoms with Crippen LogP contribution >= 0.6 is 0 Å². The molecule has 1 aromatic carbocycles. The lowest BCUT2D eigenvalue weighted by molar-refractivity contribution is -0.119. The monoisotopic (exact) mass is 357 g/mol. The Labute approximate surface area is 154 Å². The number of guanidine groups is 1. The van der Waals surface area contributed by atoms with Gasteiger partial charge in [0.05, 0.1) is 7.11 Å². The van der Waals surface area contributed by atoms with E-state index in [2.05, 4.69) is 25.5 Å². The average Bonchev–Trinajstić information content (AvgIpc) is 3.18. The zero-order valence-corrected chi connectivity index (χ0v) is 15.4. The Morgan fingerprint density at radius 2 is 1.85 bits per heavy atom. The number of amides is 1. The number of carbonyl (C=O) groups excluding carboxylic acids is 1. The third kappa shape index (κ3) is 6.88. The number of nitrogens with one attached hydrogen (secondary N) is 3. The first-order valence-corrected chi connectivity index (χ1v) is 8.74. The third-order valence-corrected chi connectivity index (χ3v) is 3.70. The molecule has 140 valence electrons. The summed E-state index contributed by atoms with van der Waals surface area (Å²) in [5, 5.41) is 9.23. The minimum absolute atomic E-state index is 0.0784. The first-order valence-electron chi connectivity index (χ1n) is 8.74. The van der Waals surface area contributed by atoms with Gasteiger partial charge in [-0.05, 0) is 36.8 Å². The first-order chi connectivity index (χ1) is 12.7. The van der Waals surface area contributed by atoms with E-state index >= 15 is 0 Å². The molecule has 1 amide bonds. The number of aromatic nitrogens is 1. The van der Waals surface area contributed by atoms with Crippen LogP contribution in [0.3, 0.4) is 0 Å². The number of methoxy groups -OCH3 is 1. The van der Waals surface area contributed by atoms with Gasteiger partial charge in [0, 0.05) is 38.6 Å². The lowest BCUT2D eigenvalue weighted by Gasteiger charge is -2.12. The molecule has 2 aromatic rings. The maximum atomic E-state index is 12.0. The van der Waals surface area contributed by atoms with E-state index in [0.717, 1.165) is 30.9 Å². The summed E-state index contributed by atoms with van der Waals surface area (Å²) in [5.41, 5.74) is 1.01. The van der Waals surface area contributed by atoms with E-state index < -0.39 is 0 Å². The predicted molar refractivity (Wildman–Crippen MR) is 103 cm³/mol. The molecule has 0 aliphatic rings. The molecule has 0 bridgehead atoms. The van der Waals surface area contributed by atoms with Crippen molar-refractivity contribution in [3.63, 3.8) is 0 Å². The van der Waals surface area contributed by atoms with Crippen LogP contribution < -0.4 is 20.7 Å². The molecule has 0 aliphatic carbocycles. The summed E-state index contributed by atoms with van der Waals surface area (Å²) in [7, 11) is 1.63. The molecule has 1 heterocycles. The molecular weight excluding hydrogens is 330 g/mol. The van der Waals surface area contributed by atoms with E-state index in [4.69, 9.17) is 4.74 Å². The van der Waals surface area contributed by atoms with E-state index in [1.54, 1.807) is 7.11 Å². The van der Waals surface area contributed by atoms with Crippen molar-refractivity contribution >= 4 is 11.9 Å². The summed E-state index contributed by atoms with van der Waals surface area (Å²) < 4.78 is 7.20. The number of nitrogens with zero attached hydrogens (tertiary/aromatic N) is 2. The maximum Gasteiger partial charge on any atom is 0.242 e. The molecule has 0 spiro atoms. The van der Waals surface area contributed by atoms with Crippen molar-refractivity contribution in [3.05, 3.63) is 54.4 Å². The molecule has 26 heavy (non-hydrogen) atoms. The minimum atomic E-state index is -0.122. The zero-order valence-electron chi connectivity index (χ0n) is 15.4. The van der Waals surface area contributed by atoms with Crippen LogP contribution in [-0.2, 0) is 17.9 Å². The molecule has 0 saturated carbocycles. The fraction of sp³-hybridized carbons (Fsp3) is 0.368. The van der Waals surface area contributed by atoms with Crippen molar-refractivity contribution in [2.75, 3.05) is 26.7 Å². The van der Waals surface area contributed by atoms with E-state index in [1.807, 2.05) is 55.7 Å². The predicted octanol–water partition coefficient (Wildman–Crippen LogP) is 1.37. The van der Waals surface area contributed by atoms with Gasteiger partial charge in [0.15, 0.2) is 5.96 Å². The third-order valence-electron chi connectivity index (χ3n) is 3.70.